The number of carboxylic acid groups (broad SMARTS) is 1. The Labute approximate surface area is 754 Å². The Morgan fingerprint density at radius 2 is 1.02 bits per heavy atom. The minimum absolute atomic E-state index is 0. The van der Waals surface area contributed by atoms with Crippen molar-refractivity contribution in [3.05, 3.63) is 144 Å². The van der Waals surface area contributed by atoms with Crippen molar-refractivity contribution >= 4 is 105 Å². The molecule has 2 unspecified atom stereocenters. The van der Waals surface area contributed by atoms with E-state index in [4.69, 9.17) is 69.3 Å². The molecule has 5 fully saturated rings. The van der Waals surface area contributed by atoms with Gasteiger partial charge in [-0.05, 0) is 199 Å². The normalized spacial score (nSPS) is 20.9. The van der Waals surface area contributed by atoms with E-state index in [0.717, 1.165) is 124 Å². The predicted octanol–water partition coefficient (Wildman–Crippen LogP) is 7.07. The van der Waals surface area contributed by atoms with Crippen LogP contribution in [-0.4, -0.2) is 185 Å². The van der Waals surface area contributed by atoms with Gasteiger partial charge in [0, 0.05) is 90.4 Å². The molecule has 35 heteroatoms. The van der Waals surface area contributed by atoms with Gasteiger partial charge in [-0.2, -0.15) is 10.2 Å². The number of ether oxygens (including phenoxy) is 5. The molecule has 0 saturated carbocycles. The van der Waals surface area contributed by atoms with Gasteiger partial charge in [0.05, 0.1) is 37.5 Å². The van der Waals surface area contributed by atoms with Crippen LogP contribution >= 0.6 is 22.6 Å². The summed E-state index contributed by atoms with van der Waals surface area (Å²) >= 11 is 2.18. The van der Waals surface area contributed by atoms with Crippen molar-refractivity contribution in [3.8, 4) is 0 Å². The first kappa shape index (κ1) is 89.3. The Balaban J connectivity index is 0.000000165. The Morgan fingerprint density at radius 3 is 1.48 bits per heavy atom. The van der Waals surface area contributed by atoms with Crippen LogP contribution in [0.5, 0.6) is 0 Å². The fraction of sp³-hybridized carbons (Fsp3) is 0.541. The van der Waals surface area contributed by atoms with Gasteiger partial charge in [0.15, 0.2) is 56.3 Å². The first-order valence-corrected chi connectivity index (χ1v) is 42.2. The SMILES string of the molecule is CC(=O)OCc1nc2c(I)nn(C3CCCCO3)c2nc1N1CCC2(CC1)Cc1ccccc1[C@H]2NC(=O)OC(C)(C)C.CNC(=O)C1=NCc2nc(N3CCC4(CC3)Cc3ccccc3[C@H]4N)c(CO)nc21.CNC(=O)c1nn(C2CCCCO2)c2nc(N3CCC4(CC3)Cc3ccccc3[C@H]4NC(=O)OC(C)(C)C)c(CO)nc12.O=CO.[H-].[K+]. The molecule has 4 amide bonds. The van der Waals surface area contributed by atoms with Crippen LogP contribution in [0.2, 0.25) is 0 Å². The van der Waals surface area contributed by atoms with E-state index in [9.17, 15) is 34.2 Å². The van der Waals surface area contributed by atoms with Crippen LogP contribution in [-0.2, 0) is 83.7 Å². The molecule has 3 aromatic carbocycles. The van der Waals surface area contributed by atoms with Crippen LogP contribution in [0.25, 0.3) is 22.3 Å². The fourth-order valence-electron chi connectivity index (χ4n) is 18.6. The number of carbonyl (C=O) groups excluding carboxylic acids is 5. The van der Waals surface area contributed by atoms with Crippen LogP contribution in [0.4, 0.5) is 27.0 Å². The zero-order chi connectivity index (χ0) is 84.3. The first-order valence-electron chi connectivity index (χ1n) is 41.1. The van der Waals surface area contributed by atoms with Crippen molar-refractivity contribution in [2.45, 2.75) is 213 Å². The molecule has 6 aliphatic heterocycles. The minimum atomic E-state index is -0.594. The van der Waals surface area contributed by atoms with Gasteiger partial charge in [0.25, 0.3) is 18.3 Å². The Morgan fingerprint density at radius 1 is 0.592 bits per heavy atom. The summed E-state index contributed by atoms with van der Waals surface area (Å²) in [6, 6.07) is 24.9. The van der Waals surface area contributed by atoms with E-state index in [-0.39, 0.29) is 155 Å². The average Bonchev–Trinajstić information content (AvgIpc) is 1.60. The van der Waals surface area contributed by atoms with Gasteiger partial charge in [-0.15, -0.1) is 0 Å². The van der Waals surface area contributed by atoms with E-state index in [1.807, 2.05) is 64.4 Å². The molecule has 5 saturated heterocycles. The van der Waals surface area contributed by atoms with Crippen LogP contribution in [0.1, 0.15) is 230 Å². The molecule has 3 spiro atoms. The molecule has 120 heavy (non-hydrogen) atoms. The summed E-state index contributed by atoms with van der Waals surface area (Å²) in [4.78, 5) is 111. The number of likely N-dealkylation sites (N-methyl/N-ethyl adjacent to an activating group) is 1. The largest absolute Gasteiger partial charge is 1.00 e. The summed E-state index contributed by atoms with van der Waals surface area (Å²) in [6.45, 7) is 17.8. The molecule has 5 aromatic heterocycles. The van der Waals surface area contributed by atoms with Crippen molar-refractivity contribution in [1.29, 1.82) is 0 Å². The zero-order valence-electron chi connectivity index (χ0n) is 71.0. The second-order valence-electron chi connectivity index (χ2n) is 34.1. The molecule has 9 N–H and O–H groups in total. The number of anilines is 3. The average molecular weight is 1790 g/mol. The van der Waals surface area contributed by atoms with Gasteiger partial charge in [-0.1, -0.05) is 72.8 Å². The molecule has 0 radical (unpaired) electrons. The molecule has 5 atom stereocenters. The molecular formula is C85H109IKN19O14. The predicted molar refractivity (Wildman–Crippen MR) is 451 cm³/mol. The molecule has 11 heterocycles. The number of nitrogens with zero attached hydrogens (tertiary/aromatic N) is 14. The number of fused-ring (bicyclic) bond motifs is 6. The third-order valence-corrected chi connectivity index (χ3v) is 25.1. The Hall–Kier alpha value is -8.50. The Bertz CT molecular complexity index is 5140. The molecule has 33 nitrogen and oxygen atoms in total. The van der Waals surface area contributed by atoms with Crippen LogP contribution in [0.3, 0.4) is 0 Å². The third-order valence-electron chi connectivity index (χ3n) is 24.3. The number of aliphatic imine (C=N–C) groups is 1. The number of aromatic nitrogens is 10. The maximum atomic E-state index is 13.0. The van der Waals surface area contributed by atoms with Gasteiger partial charge in [-0.3, -0.25) is 24.2 Å². The van der Waals surface area contributed by atoms with Crippen molar-refractivity contribution in [2.75, 3.05) is 81.3 Å². The summed E-state index contributed by atoms with van der Waals surface area (Å²) in [6.07, 6.45) is 12.3. The molecule has 8 aromatic rings. The van der Waals surface area contributed by atoms with Crippen LogP contribution < -0.4 is 93.1 Å². The van der Waals surface area contributed by atoms with Crippen LogP contribution in [0.15, 0.2) is 77.8 Å². The van der Waals surface area contributed by atoms with Gasteiger partial charge < -0.3 is 82.1 Å². The van der Waals surface area contributed by atoms with E-state index >= 15 is 0 Å². The maximum absolute atomic E-state index is 13.0. The smallest absolute Gasteiger partial charge is 1.00 e. The van der Waals surface area contributed by atoms with Gasteiger partial charge in [0.1, 0.15) is 51.6 Å². The monoisotopic (exact) mass is 1790 g/mol. The number of aliphatic hydroxyl groups is 2. The zero-order valence-corrected chi connectivity index (χ0v) is 75.3. The number of alkyl carbamates (subject to hydrolysis) is 2. The number of amides is 4. The molecule has 0 bridgehead atoms. The second-order valence-corrected chi connectivity index (χ2v) is 35.2. The summed E-state index contributed by atoms with van der Waals surface area (Å²) < 4.78 is 33.1. The fourth-order valence-corrected chi connectivity index (χ4v) is 19.2. The van der Waals surface area contributed by atoms with Gasteiger partial charge in [-0.25, -0.2) is 48.9 Å². The van der Waals surface area contributed by atoms with E-state index in [0.29, 0.717) is 114 Å². The number of rotatable bonds is 13. The van der Waals surface area contributed by atoms with Crippen molar-refractivity contribution in [2.24, 2.45) is 27.0 Å². The van der Waals surface area contributed by atoms with E-state index in [1.54, 1.807) is 18.8 Å². The number of nitrogens with two attached hydrogens (primary N) is 1. The summed E-state index contributed by atoms with van der Waals surface area (Å²) in [5.41, 5.74) is 18.0. The van der Waals surface area contributed by atoms with E-state index < -0.39 is 23.4 Å². The number of benzene rings is 3. The quantitative estimate of drug-likeness (QED) is 0.0188. The number of hydrogen-bond acceptors (Lipinski definition) is 26. The van der Waals surface area contributed by atoms with Gasteiger partial charge >= 0.3 is 69.5 Å². The molecule has 17 rings (SSSR count). The topological polar surface area (TPSA) is 418 Å². The standard InChI is InChI=1S/C31H39IN6O5.C31H41N7O5.C22H26N6O2.CH2O2.K.H/c1-19(39)42-18-22-27(35-28-24(33-22)26(32)36-38(28)23-11-7-8-16-41-23)37-14-12-31(13-15-37)17-20-9-5-6-10-21(20)25(31)34-29(40)43-30(2,3)4;1-30(2,3)43-29(41)34-25-20-10-6-5-9-19(20)17-31(25)12-14-37(15-13-31)26-21(18-39)33-23-24(28(40)32-4)36-38(27(23)35-26)22-11-7-8-16-42-22;1-24-21(30)18-17-15(11-25-18)27-20(16(12-29)26-17)28-8-6-22(7-9-28)10-13-4-2-3-5-14(13)19(22)23;2-1-3;;/h5-6,9-10,23,25H,7-8,11-18H2,1-4H3,(H,34,40);5-6,9-10,22,25,39H,7-8,11-18H2,1-4H3,(H,32,40)(H,34,41);2-5,19,29H,6-12,23H2,1H3,(H,24,30);1H,(H,2,3);;/q;;;;+1;-1/t23?,25-;22?,25-;19-;;;/m111.../s1. The molecular weight excluding hydrogens is 1680 g/mol. The van der Waals surface area contributed by atoms with Crippen molar-refractivity contribution < 1.29 is 121 Å². The number of nitrogens with one attached hydrogen (secondary N) is 4. The van der Waals surface area contributed by atoms with E-state index in [1.165, 1.54) is 29.2 Å². The number of halogens is 1. The van der Waals surface area contributed by atoms with Gasteiger partial charge in [0.2, 0.25) is 0 Å². The number of hydrogen-bond donors (Lipinski definition) is 8. The molecule has 3 aliphatic carbocycles. The number of aliphatic hydroxyl groups excluding tert-OH is 2. The molecule has 9 aliphatic rings. The first-order chi connectivity index (χ1) is 57.1. The third kappa shape index (κ3) is 18.8. The summed E-state index contributed by atoms with van der Waals surface area (Å²) in [5, 5.41) is 48.2. The van der Waals surface area contributed by atoms with Crippen LogP contribution in [0, 0.1) is 19.9 Å². The summed E-state index contributed by atoms with van der Waals surface area (Å²) in [7, 11) is 3.11. The Kier molecular flexibility index (Phi) is 28.0. The van der Waals surface area contributed by atoms with E-state index in [2.05, 4.69) is 128 Å². The van der Waals surface area contributed by atoms with Crippen molar-refractivity contribution in [3.63, 3.8) is 0 Å². The van der Waals surface area contributed by atoms with Crippen molar-refractivity contribution in [1.82, 2.24) is 70.7 Å². The maximum Gasteiger partial charge on any atom is 1.00 e. The minimum Gasteiger partial charge on any atom is -1.00 e. The second kappa shape index (κ2) is 37.7. The number of esters is 1. The number of carbonyl (C=O) groups is 6. The summed E-state index contributed by atoms with van der Waals surface area (Å²) in [5.74, 6) is 0.959. The number of piperidine rings is 3. The molecule has 636 valence electrons.